The lowest BCUT2D eigenvalue weighted by atomic mass is 10.0. The molecule has 1 rings (SSSR count). The van der Waals surface area contributed by atoms with Crippen LogP contribution in [0.15, 0.2) is 6.07 Å². The third-order valence-corrected chi connectivity index (χ3v) is 2.70. The third-order valence-electron chi connectivity index (χ3n) is 2.42. The van der Waals surface area contributed by atoms with Crippen molar-refractivity contribution >= 4 is 17.6 Å². The minimum absolute atomic E-state index is 0.0195. The molecular weight excluding hydrogens is 268 g/mol. The van der Waals surface area contributed by atoms with Gasteiger partial charge in [-0.25, -0.2) is 4.39 Å². The van der Waals surface area contributed by atoms with E-state index in [2.05, 4.69) is 4.74 Å². The summed E-state index contributed by atoms with van der Waals surface area (Å²) >= 11 is 5.71. The monoisotopic (exact) mass is 279 g/mol. The Hall–Kier alpha value is -1.40. The predicted octanol–water partition coefficient (Wildman–Crippen LogP) is 2.49. The molecule has 0 aliphatic carbocycles. The van der Waals surface area contributed by atoms with Crippen LogP contribution in [-0.4, -0.2) is 18.2 Å². The van der Waals surface area contributed by atoms with E-state index in [0.29, 0.717) is 0 Å². The van der Waals surface area contributed by atoms with Crippen molar-refractivity contribution in [3.63, 3.8) is 0 Å². The van der Waals surface area contributed by atoms with Gasteiger partial charge in [-0.05, 0) is 12.5 Å². The molecule has 100 valence electrons. The minimum Gasteiger partial charge on any atom is -0.492 e. The summed E-state index contributed by atoms with van der Waals surface area (Å²) in [4.78, 5) is 10.4. The zero-order chi connectivity index (χ0) is 13.9. The Morgan fingerprint density at radius 2 is 2.17 bits per heavy atom. The van der Waals surface area contributed by atoms with Crippen LogP contribution in [0.4, 0.5) is 8.78 Å². The van der Waals surface area contributed by atoms with Gasteiger partial charge in [-0.1, -0.05) is 11.6 Å². The molecule has 7 heteroatoms. The smallest absolute Gasteiger partial charge is 0.303 e. The number of carbonyl (C=O) groups is 1. The molecular formula is C11H12ClF2NO3. The summed E-state index contributed by atoms with van der Waals surface area (Å²) in [6, 6.07) is 0.199. The Bertz CT molecular complexity index is 468. The summed E-state index contributed by atoms with van der Waals surface area (Å²) < 4.78 is 31.8. The first-order valence-electron chi connectivity index (χ1n) is 5.07. The number of carboxylic acids is 1. The van der Waals surface area contributed by atoms with Crippen molar-refractivity contribution in [1.29, 1.82) is 0 Å². The van der Waals surface area contributed by atoms with Gasteiger partial charge in [-0.3, -0.25) is 4.79 Å². The van der Waals surface area contributed by atoms with E-state index in [-0.39, 0.29) is 23.4 Å². The van der Waals surface area contributed by atoms with Crippen molar-refractivity contribution in [2.24, 2.45) is 5.73 Å². The lowest BCUT2D eigenvalue weighted by Gasteiger charge is -2.15. The quantitative estimate of drug-likeness (QED) is 0.812. The van der Waals surface area contributed by atoms with Gasteiger partial charge in [0.25, 0.3) is 0 Å². The summed E-state index contributed by atoms with van der Waals surface area (Å²) in [5.41, 5.74) is 5.44. The Labute approximate surface area is 107 Å². The predicted molar refractivity (Wildman–Crippen MR) is 61.7 cm³/mol. The van der Waals surface area contributed by atoms with E-state index in [0.717, 1.165) is 13.2 Å². The fraction of sp³-hybridized carbons (Fsp3) is 0.364. The molecule has 0 spiro atoms. The molecule has 0 saturated carbocycles. The molecule has 0 aliphatic rings. The van der Waals surface area contributed by atoms with Gasteiger partial charge >= 0.3 is 5.97 Å². The summed E-state index contributed by atoms with van der Waals surface area (Å²) in [5.74, 6) is -3.87. The van der Waals surface area contributed by atoms with Crippen molar-refractivity contribution in [3.05, 3.63) is 28.3 Å². The Morgan fingerprint density at radius 3 is 2.67 bits per heavy atom. The molecule has 4 nitrogen and oxygen atoms in total. The third kappa shape index (κ3) is 3.08. The first-order valence-corrected chi connectivity index (χ1v) is 5.45. The van der Waals surface area contributed by atoms with E-state index in [4.69, 9.17) is 22.4 Å². The van der Waals surface area contributed by atoms with Crippen LogP contribution < -0.4 is 10.5 Å². The molecule has 1 unspecified atom stereocenters. The average molecular weight is 280 g/mol. The second-order valence-electron chi connectivity index (χ2n) is 3.65. The maximum absolute atomic E-state index is 13.7. The van der Waals surface area contributed by atoms with Crippen LogP contribution in [-0.2, 0) is 4.79 Å². The van der Waals surface area contributed by atoms with Crippen LogP contribution in [0.3, 0.4) is 0 Å². The zero-order valence-corrected chi connectivity index (χ0v) is 10.3. The van der Waals surface area contributed by atoms with Crippen LogP contribution in [0.25, 0.3) is 0 Å². The summed E-state index contributed by atoms with van der Waals surface area (Å²) in [5, 5.41) is 8.39. The van der Waals surface area contributed by atoms with Gasteiger partial charge in [0.05, 0.1) is 12.1 Å². The molecule has 0 bridgehead atoms. The maximum Gasteiger partial charge on any atom is 0.303 e. The number of aliphatic carboxylic acids is 1. The molecule has 0 heterocycles. The molecule has 0 aliphatic heterocycles. The van der Waals surface area contributed by atoms with Gasteiger partial charge in [0, 0.05) is 18.0 Å². The molecule has 0 fully saturated rings. The normalized spacial score (nSPS) is 12.3. The van der Waals surface area contributed by atoms with Crippen molar-refractivity contribution in [3.8, 4) is 5.75 Å². The molecule has 0 amide bonds. The van der Waals surface area contributed by atoms with Crippen LogP contribution in [0.2, 0.25) is 5.02 Å². The van der Waals surface area contributed by atoms with Crippen LogP contribution in [0.1, 0.15) is 24.4 Å². The molecule has 0 aromatic heterocycles. The summed E-state index contributed by atoms with van der Waals surface area (Å²) in [7, 11) is 1.16. The van der Waals surface area contributed by atoms with Crippen molar-refractivity contribution < 1.29 is 23.4 Å². The van der Waals surface area contributed by atoms with E-state index in [1.807, 2.05) is 0 Å². The van der Waals surface area contributed by atoms with Crippen LogP contribution >= 0.6 is 11.6 Å². The number of rotatable bonds is 5. The molecule has 1 aromatic carbocycles. The zero-order valence-electron chi connectivity index (χ0n) is 9.54. The maximum atomic E-state index is 13.7. The van der Waals surface area contributed by atoms with Crippen molar-refractivity contribution in [2.75, 3.05) is 7.11 Å². The van der Waals surface area contributed by atoms with Crippen LogP contribution in [0, 0.1) is 11.6 Å². The molecule has 0 radical (unpaired) electrons. The van der Waals surface area contributed by atoms with Gasteiger partial charge in [-0.15, -0.1) is 0 Å². The SMILES string of the molecule is COc1c(Cl)cc(C(N)CCC(=O)O)c(F)c1F. The second kappa shape index (κ2) is 5.97. The summed E-state index contributed by atoms with van der Waals surface area (Å²) in [6.45, 7) is 0. The summed E-state index contributed by atoms with van der Waals surface area (Å²) in [6.07, 6.45) is -0.264. The number of hydrogen-bond donors (Lipinski definition) is 2. The highest BCUT2D eigenvalue weighted by Crippen LogP contribution is 2.34. The van der Waals surface area contributed by atoms with Crippen molar-refractivity contribution in [2.45, 2.75) is 18.9 Å². The fourth-order valence-electron chi connectivity index (χ4n) is 1.49. The molecule has 3 N–H and O–H groups in total. The molecule has 1 aromatic rings. The number of halogens is 3. The largest absolute Gasteiger partial charge is 0.492 e. The fourth-order valence-corrected chi connectivity index (χ4v) is 1.77. The van der Waals surface area contributed by atoms with Gasteiger partial charge < -0.3 is 15.6 Å². The minimum atomic E-state index is -1.23. The van der Waals surface area contributed by atoms with Crippen molar-refractivity contribution in [1.82, 2.24) is 0 Å². The van der Waals surface area contributed by atoms with E-state index < -0.39 is 29.4 Å². The van der Waals surface area contributed by atoms with Gasteiger partial charge in [-0.2, -0.15) is 4.39 Å². The highest BCUT2D eigenvalue weighted by Gasteiger charge is 2.22. The van der Waals surface area contributed by atoms with E-state index in [1.54, 1.807) is 0 Å². The number of methoxy groups -OCH3 is 1. The Morgan fingerprint density at radius 1 is 1.56 bits per heavy atom. The Kier molecular flexibility index (Phi) is 4.86. The van der Waals surface area contributed by atoms with Gasteiger partial charge in [0.2, 0.25) is 5.82 Å². The lowest BCUT2D eigenvalue weighted by molar-refractivity contribution is -0.137. The number of nitrogens with two attached hydrogens (primary N) is 1. The Balaban J connectivity index is 3.06. The van der Waals surface area contributed by atoms with Gasteiger partial charge in [0.15, 0.2) is 11.6 Å². The number of carboxylic acid groups (broad SMARTS) is 1. The molecule has 0 saturated heterocycles. The highest BCUT2D eigenvalue weighted by atomic mass is 35.5. The van der Waals surface area contributed by atoms with Gasteiger partial charge in [0.1, 0.15) is 0 Å². The second-order valence-corrected chi connectivity index (χ2v) is 4.05. The standard InChI is InChI=1S/C11H12ClF2NO3/c1-18-11-6(12)4-5(9(13)10(11)14)7(15)2-3-8(16)17/h4,7H,2-3,15H2,1H3,(H,16,17). The molecule has 18 heavy (non-hydrogen) atoms. The first kappa shape index (κ1) is 14.7. The number of benzene rings is 1. The topological polar surface area (TPSA) is 72.5 Å². The first-order chi connectivity index (χ1) is 8.38. The lowest BCUT2D eigenvalue weighted by Crippen LogP contribution is -2.15. The highest BCUT2D eigenvalue weighted by molar-refractivity contribution is 6.32. The number of hydrogen-bond acceptors (Lipinski definition) is 3. The molecule has 1 atom stereocenters. The average Bonchev–Trinajstić information content (AvgIpc) is 2.31. The number of ether oxygens (including phenoxy) is 1. The van der Waals surface area contributed by atoms with E-state index in [1.165, 1.54) is 0 Å². The van der Waals surface area contributed by atoms with Crippen LogP contribution in [0.5, 0.6) is 5.75 Å². The van der Waals surface area contributed by atoms with E-state index in [9.17, 15) is 13.6 Å². The van der Waals surface area contributed by atoms with E-state index >= 15 is 0 Å².